The summed E-state index contributed by atoms with van der Waals surface area (Å²) in [5.74, 6) is 0.768. The molecule has 34 heavy (non-hydrogen) atoms. The van der Waals surface area contributed by atoms with Gasteiger partial charge in [-0.05, 0) is 43.4 Å². The molecule has 1 saturated carbocycles. The van der Waals surface area contributed by atoms with Crippen LogP contribution >= 0.6 is 11.6 Å². The molecule has 0 spiro atoms. The van der Waals surface area contributed by atoms with Gasteiger partial charge in [0, 0.05) is 31.0 Å². The van der Waals surface area contributed by atoms with Crippen LogP contribution in [0.1, 0.15) is 76.5 Å². The predicted octanol–water partition coefficient (Wildman–Crippen LogP) is 6.36. The van der Waals surface area contributed by atoms with E-state index in [9.17, 15) is 13.6 Å². The van der Waals surface area contributed by atoms with E-state index < -0.39 is 6.61 Å². The van der Waals surface area contributed by atoms with Gasteiger partial charge < -0.3 is 10.1 Å². The first kappa shape index (κ1) is 26.4. The van der Waals surface area contributed by atoms with Crippen LogP contribution in [-0.4, -0.2) is 33.8 Å². The average molecular weight is 497 g/mol. The number of aryl methyl sites for hydroxylation is 1. The molecule has 0 unspecified atom stereocenters. The summed E-state index contributed by atoms with van der Waals surface area (Å²) in [5.41, 5.74) is 1.24. The molecule has 0 radical (unpaired) electrons. The molecule has 0 saturated heterocycles. The first-order chi connectivity index (χ1) is 16.0. The number of amides is 1. The number of pyridine rings is 1. The van der Waals surface area contributed by atoms with Crippen molar-refractivity contribution in [1.29, 1.82) is 0 Å². The summed E-state index contributed by atoms with van der Waals surface area (Å²) in [6.07, 6.45) is 6.57. The smallest absolute Gasteiger partial charge is 0.387 e. The molecule has 3 rings (SSSR count). The van der Waals surface area contributed by atoms with E-state index in [1.165, 1.54) is 29.8 Å². The first-order valence-corrected chi connectivity index (χ1v) is 12.3. The number of aromatic nitrogens is 3. The van der Waals surface area contributed by atoms with Crippen molar-refractivity contribution in [1.82, 2.24) is 20.1 Å². The van der Waals surface area contributed by atoms with Gasteiger partial charge in [0.25, 0.3) is 5.91 Å². The van der Waals surface area contributed by atoms with Gasteiger partial charge in [0.05, 0.1) is 16.3 Å². The molecule has 1 aliphatic rings. The fraction of sp³-hybridized carbons (Fsp3) is 0.640. The maximum Gasteiger partial charge on any atom is 0.387 e. The Kier molecular flexibility index (Phi) is 8.55. The Morgan fingerprint density at radius 1 is 1.29 bits per heavy atom. The number of carbonyl (C=O) groups excluding carboxylic acids is 1. The molecule has 1 fully saturated rings. The van der Waals surface area contributed by atoms with E-state index in [1.807, 2.05) is 27.7 Å². The summed E-state index contributed by atoms with van der Waals surface area (Å²) >= 11 is 6.62. The van der Waals surface area contributed by atoms with Crippen molar-refractivity contribution < 1.29 is 18.3 Å². The zero-order chi connectivity index (χ0) is 25.0. The number of ether oxygens (including phenoxy) is 1. The van der Waals surface area contributed by atoms with Crippen LogP contribution in [0, 0.1) is 17.3 Å². The van der Waals surface area contributed by atoms with Crippen LogP contribution in [0.5, 0.6) is 5.75 Å². The van der Waals surface area contributed by atoms with Crippen molar-refractivity contribution in [2.45, 2.75) is 79.9 Å². The largest absolute Gasteiger partial charge is 0.434 e. The van der Waals surface area contributed by atoms with Gasteiger partial charge in [-0.1, -0.05) is 52.1 Å². The normalized spacial score (nSPS) is 18.9. The number of nitrogens with zero attached hydrogens (tertiary/aromatic N) is 3. The Hall–Kier alpha value is -2.22. The maximum atomic E-state index is 13.2. The van der Waals surface area contributed by atoms with Gasteiger partial charge in [0.1, 0.15) is 5.75 Å². The highest BCUT2D eigenvalue weighted by atomic mass is 35.5. The van der Waals surface area contributed by atoms with Crippen LogP contribution in [-0.2, 0) is 13.0 Å². The molecule has 6 nitrogen and oxygen atoms in total. The fourth-order valence-electron chi connectivity index (χ4n) is 4.41. The number of rotatable bonds is 8. The van der Waals surface area contributed by atoms with Gasteiger partial charge in [0.2, 0.25) is 0 Å². The van der Waals surface area contributed by atoms with Crippen molar-refractivity contribution in [2.24, 2.45) is 17.3 Å². The predicted molar refractivity (Wildman–Crippen MR) is 129 cm³/mol. The molecule has 2 aromatic rings. The highest BCUT2D eigenvalue weighted by molar-refractivity contribution is 6.36. The van der Waals surface area contributed by atoms with Gasteiger partial charge >= 0.3 is 6.61 Å². The molecule has 2 heterocycles. The number of hydrogen-bond acceptors (Lipinski definition) is 4. The topological polar surface area (TPSA) is 69.0 Å². The van der Waals surface area contributed by atoms with Gasteiger partial charge in [0.15, 0.2) is 5.69 Å². The number of alkyl halides is 2. The van der Waals surface area contributed by atoms with Crippen LogP contribution in [0.3, 0.4) is 0 Å². The lowest BCUT2D eigenvalue weighted by atomic mass is 9.83. The SMILES string of the molecule is CCn1nc(C(=O)NCC2CCC(C)CC2)c(Cl)c1-c1cnc(CC(C)(C)C)cc1OC(F)F. The van der Waals surface area contributed by atoms with Crippen molar-refractivity contribution in [2.75, 3.05) is 6.54 Å². The van der Waals surface area contributed by atoms with Crippen molar-refractivity contribution >= 4 is 17.5 Å². The van der Waals surface area contributed by atoms with Crippen molar-refractivity contribution in [3.8, 4) is 17.0 Å². The second-order valence-electron chi connectivity index (χ2n) is 10.5. The van der Waals surface area contributed by atoms with Gasteiger partial charge in [-0.2, -0.15) is 13.9 Å². The van der Waals surface area contributed by atoms with Crippen molar-refractivity contribution in [3.63, 3.8) is 0 Å². The Bertz CT molecular complexity index is 996. The van der Waals surface area contributed by atoms with E-state index in [0.29, 0.717) is 36.8 Å². The summed E-state index contributed by atoms with van der Waals surface area (Å²) < 4.78 is 32.8. The van der Waals surface area contributed by atoms with E-state index in [-0.39, 0.29) is 33.4 Å². The monoisotopic (exact) mass is 496 g/mol. The Labute approximate surface area is 205 Å². The lowest BCUT2D eigenvalue weighted by Crippen LogP contribution is -2.31. The molecular weight excluding hydrogens is 462 g/mol. The van der Waals surface area contributed by atoms with Gasteiger partial charge in [-0.15, -0.1) is 0 Å². The lowest BCUT2D eigenvalue weighted by molar-refractivity contribution is -0.0495. The molecule has 9 heteroatoms. The van der Waals surface area contributed by atoms with Gasteiger partial charge in [-0.3, -0.25) is 14.5 Å². The minimum atomic E-state index is -3.01. The number of carbonyl (C=O) groups is 1. The zero-order valence-corrected chi connectivity index (χ0v) is 21.4. The second kappa shape index (κ2) is 11.0. The third kappa shape index (κ3) is 6.68. The lowest BCUT2D eigenvalue weighted by Gasteiger charge is -2.26. The Morgan fingerprint density at radius 2 is 1.97 bits per heavy atom. The first-order valence-electron chi connectivity index (χ1n) is 12.0. The molecule has 1 amide bonds. The maximum absolute atomic E-state index is 13.2. The average Bonchev–Trinajstić information content (AvgIpc) is 3.08. The highest BCUT2D eigenvalue weighted by Crippen LogP contribution is 2.38. The summed E-state index contributed by atoms with van der Waals surface area (Å²) in [7, 11) is 0. The molecule has 0 atom stereocenters. The summed E-state index contributed by atoms with van der Waals surface area (Å²) in [6, 6.07) is 1.51. The van der Waals surface area contributed by atoms with E-state index in [2.05, 4.69) is 22.3 Å². The number of nitrogens with one attached hydrogen (secondary N) is 1. The summed E-state index contributed by atoms with van der Waals surface area (Å²) in [6.45, 7) is 8.16. The molecule has 1 aliphatic carbocycles. The van der Waals surface area contributed by atoms with Crippen LogP contribution in [0.2, 0.25) is 5.02 Å². The van der Waals surface area contributed by atoms with Crippen LogP contribution in [0.15, 0.2) is 12.3 Å². The number of hydrogen-bond donors (Lipinski definition) is 1. The minimum Gasteiger partial charge on any atom is -0.434 e. The molecule has 0 aromatic carbocycles. The Morgan fingerprint density at radius 3 is 2.56 bits per heavy atom. The third-order valence-electron chi connectivity index (χ3n) is 6.20. The zero-order valence-electron chi connectivity index (χ0n) is 20.6. The standard InChI is InChI=1S/C25H35ClF2N4O2/c1-6-32-22(18-14-29-17(12-25(3,4)5)11-19(18)34-24(27)28)20(26)21(31-32)23(33)30-13-16-9-7-15(2)8-10-16/h11,14-16,24H,6-10,12-13H2,1-5H3,(H,30,33). The van der Waals surface area contributed by atoms with Crippen LogP contribution < -0.4 is 10.1 Å². The molecule has 188 valence electrons. The fourth-order valence-corrected chi connectivity index (χ4v) is 4.74. The van der Waals surface area contributed by atoms with Crippen LogP contribution in [0.25, 0.3) is 11.3 Å². The van der Waals surface area contributed by atoms with E-state index in [4.69, 9.17) is 16.3 Å². The van der Waals surface area contributed by atoms with Crippen LogP contribution in [0.4, 0.5) is 8.78 Å². The molecule has 0 aliphatic heterocycles. The quantitative estimate of drug-likeness (QED) is 0.461. The second-order valence-corrected chi connectivity index (χ2v) is 10.8. The van der Waals surface area contributed by atoms with E-state index >= 15 is 0 Å². The molecule has 1 N–H and O–H groups in total. The molecular formula is C25H35ClF2N4O2. The number of halogens is 3. The molecule has 0 bridgehead atoms. The van der Waals surface area contributed by atoms with E-state index in [0.717, 1.165) is 18.8 Å². The highest BCUT2D eigenvalue weighted by Gasteiger charge is 2.27. The van der Waals surface area contributed by atoms with Crippen molar-refractivity contribution in [3.05, 3.63) is 28.7 Å². The van der Waals surface area contributed by atoms with Gasteiger partial charge in [-0.25, -0.2) is 0 Å². The molecule has 2 aromatic heterocycles. The minimum absolute atomic E-state index is 0.0379. The summed E-state index contributed by atoms with van der Waals surface area (Å²) in [5, 5.41) is 7.44. The Balaban J connectivity index is 1.89. The third-order valence-corrected chi connectivity index (χ3v) is 6.56. The summed E-state index contributed by atoms with van der Waals surface area (Å²) in [4.78, 5) is 17.4. The van der Waals surface area contributed by atoms with E-state index in [1.54, 1.807) is 0 Å².